The molecule has 0 spiro atoms. The van der Waals surface area contributed by atoms with Crippen LogP contribution in [-0.4, -0.2) is 27.3 Å². The Bertz CT molecular complexity index is 424. The van der Waals surface area contributed by atoms with Crippen molar-refractivity contribution >= 4 is 5.82 Å². The van der Waals surface area contributed by atoms with Gasteiger partial charge in [0.2, 0.25) is 0 Å². The van der Waals surface area contributed by atoms with E-state index in [1.165, 1.54) is 0 Å². The van der Waals surface area contributed by atoms with Crippen LogP contribution < -0.4 is 10.9 Å². The standard InChI is InChI=1S/C12H19N3O2/c1-2-4-15-5-3-13-11(12(15)17)14-8-9-6-10(16)7-9/h3,5,9-10,16H,2,4,6-8H2,1H3,(H,13,14). The highest BCUT2D eigenvalue weighted by atomic mass is 16.3. The second-order valence-corrected chi connectivity index (χ2v) is 4.65. The van der Waals surface area contributed by atoms with E-state index in [0.29, 0.717) is 11.7 Å². The lowest BCUT2D eigenvalue weighted by molar-refractivity contribution is 0.0486. The highest BCUT2D eigenvalue weighted by Gasteiger charge is 2.26. The van der Waals surface area contributed by atoms with Crippen LogP contribution in [0.4, 0.5) is 5.82 Å². The fourth-order valence-corrected chi connectivity index (χ4v) is 2.09. The molecule has 0 aliphatic heterocycles. The van der Waals surface area contributed by atoms with E-state index in [2.05, 4.69) is 10.3 Å². The van der Waals surface area contributed by atoms with Gasteiger partial charge in [-0.1, -0.05) is 6.92 Å². The summed E-state index contributed by atoms with van der Waals surface area (Å²) in [7, 11) is 0. The summed E-state index contributed by atoms with van der Waals surface area (Å²) in [6, 6.07) is 0. The summed E-state index contributed by atoms with van der Waals surface area (Å²) in [6.07, 6.45) is 5.78. The average Bonchev–Trinajstić information content (AvgIpc) is 2.27. The average molecular weight is 237 g/mol. The quantitative estimate of drug-likeness (QED) is 0.796. The third-order valence-corrected chi connectivity index (χ3v) is 3.15. The molecule has 2 N–H and O–H groups in total. The van der Waals surface area contributed by atoms with Crippen LogP contribution >= 0.6 is 0 Å². The molecule has 1 aromatic heterocycles. The van der Waals surface area contributed by atoms with Gasteiger partial charge >= 0.3 is 0 Å². The molecule has 1 saturated carbocycles. The highest BCUT2D eigenvalue weighted by molar-refractivity contribution is 5.30. The molecule has 0 atom stereocenters. The Balaban J connectivity index is 1.96. The molecule has 1 aromatic rings. The van der Waals surface area contributed by atoms with Crippen LogP contribution in [0.2, 0.25) is 0 Å². The Hall–Kier alpha value is -1.36. The van der Waals surface area contributed by atoms with Crippen LogP contribution in [0.15, 0.2) is 17.2 Å². The van der Waals surface area contributed by atoms with Gasteiger partial charge in [-0.05, 0) is 25.2 Å². The molecule has 0 unspecified atom stereocenters. The maximum absolute atomic E-state index is 11.9. The summed E-state index contributed by atoms with van der Waals surface area (Å²) in [6.45, 7) is 3.48. The summed E-state index contributed by atoms with van der Waals surface area (Å²) in [5, 5.41) is 12.3. The van der Waals surface area contributed by atoms with Gasteiger partial charge in [-0.2, -0.15) is 0 Å². The summed E-state index contributed by atoms with van der Waals surface area (Å²) < 4.78 is 1.67. The number of anilines is 1. The summed E-state index contributed by atoms with van der Waals surface area (Å²) >= 11 is 0. The highest BCUT2D eigenvalue weighted by Crippen LogP contribution is 2.26. The maximum Gasteiger partial charge on any atom is 0.293 e. The van der Waals surface area contributed by atoms with Gasteiger partial charge in [0.15, 0.2) is 5.82 Å². The van der Waals surface area contributed by atoms with Gasteiger partial charge in [0, 0.05) is 25.5 Å². The van der Waals surface area contributed by atoms with Crippen molar-refractivity contribution in [1.29, 1.82) is 0 Å². The number of hydrogen-bond donors (Lipinski definition) is 2. The number of aromatic nitrogens is 2. The van der Waals surface area contributed by atoms with Crippen LogP contribution in [0, 0.1) is 5.92 Å². The number of rotatable bonds is 5. The molecule has 94 valence electrons. The molecule has 1 heterocycles. The van der Waals surface area contributed by atoms with E-state index in [9.17, 15) is 9.90 Å². The predicted molar refractivity (Wildman–Crippen MR) is 66.0 cm³/mol. The van der Waals surface area contributed by atoms with Crippen LogP contribution in [0.3, 0.4) is 0 Å². The monoisotopic (exact) mass is 237 g/mol. The molecule has 1 fully saturated rings. The zero-order chi connectivity index (χ0) is 12.3. The van der Waals surface area contributed by atoms with E-state index in [1.807, 2.05) is 6.92 Å². The lowest BCUT2D eigenvalue weighted by Crippen LogP contribution is -2.35. The molecule has 5 heteroatoms. The van der Waals surface area contributed by atoms with E-state index in [4.69, 9.17) is 0 Å². The van der Waals surface area contributed by atoms with Gasteiger partial charge in [0.1, 0.15) is 0 Å². The molecule has 17 heavy (non-hydrogen) atoms. The Morgan fingerprint density at radius 2 is 2.35 bits per heavy atom. The van der Waals surface area contributed by atoms with Crippen LogP contribution in [-0.2, 0) is 6.54 Å². The molecule has 2 rings (SSSR count). The van der Waals surface area contributed by atoms with Gasteiger partial charge in [-0.15, -0.1) is 0 Å². The van der Waals surface area contributed by atoms with Crippen molar-refractivity contribution in [2.24, 2.45) is 5.92 Å². The first kappa shape index (κ1) is 12.1. The smallest absolute Gasteiger partial charge is 0.293 e. The molecule has 1 aliphatic carbocycles. The first-order chi connectivity index (χ1) is 8.20. The number of hydrogen-bond acceptors (Lipinski definition) is 4. The van der Waals surface area contributed by atoms with E-state index < -0.39 is 0 Å². The number of aliphatic hydroxyl groups excluding tert-OH is 1. The van der Waals surface area contributed by atoms with Crippen molar-refractivity contribution in [3.8, 4) is 0 Å². The van der Waals surface area contributed by atoms with E-state index in [1.54, 1.807) is 17.0 Å². The minimum Gasteiger partial charge on any atom is -0.393 e. The molecule has 1 aliphatic rings. The largest absolute Gasteiger partial charge is 0.393 e. The molecule has 0 aromatic carbocycles. The third-order valence-electron chi connectivity index (χ3n) is 3.15. The number of nitrogens with one attached hydrogen (secondary N) is 1. The van der Waals surface area contributed by atoms with E-state index in [-0.39, 0.29) is 11.7 Å². The number of aliphatic hydroxyl groups is 1. The van der Waals surface area contributed by atoms with Crippen molar-refractivity contribution in [3.63, 3.8) is 0 Å². The van der Waals surface area contributed by atoms with Crippen molar-refractivity contribution < 1.29 is 5.11 Å². The second-order valence-electron chi connectivity index (χ2n) is 4.65. The predicted octanol–water partition coefficient (Wildman–Crippen LogP) is 0.836. The van der Waals surface area contributed by atoms with Gasteiger partial charge in [-0.25, -0.2) is 4.98 Å². The van der Waals surface area contributed by atoms with Crippen molar-refractivity contribution in [2.75, 3.05) is 11.9 Å². The first-order valence-electron chi connectivity index (χ1n) is 6.18. The Kier molecular flexibility index (Phi) is 3.78. The summed E-state index contributed by atoms with van der Waals surface area (Å²) in [5.41, 5.74) is -0.0609. The minimum absolute atomic E-state index is 0.0609. The lowest BCUT2D eigenvalue weighted by Gasteiger charge is -2.31. The molecule has 0 radical (unpaired) electrons. The molecule has 0 amide bonds. The fourth-order valence-electron chi connectivity index (χ4n) is 2.09. The van der Waals surface area contributed by atoms with Gasteiger partial charge < -0.3 is 15.0 Å². The molecule has 0 bridgehead atoms. The van der Waals surface area contributed by atoms with Gasteiger partial charge in [-0.3, -0.25) is 4.79 Å². The van der Waals surface area contributed by atoms with Crippen LogP contribution in [0.5, 0.6) is 0 Å². The van der Waals surface area contributed by atoms with Crippen molar-refractivity contribution in [3.05, 3.63) is 22.7 Å². The zero-order valence-corrected chi connectivity index (χ0v) is 10.1. The minimum atomic E-state index is -0.151. The molecular weight excluding hydrogens is 218 g/mol. The van der Waals surface area contributed by atoms with Gasteiger partial charge in [0.05, 0.1) is 6.10 Å². The van der Waals surface area contributed by atoms with E-state index in [0.717, 1.165) is 32.4 Å². The molecular formula is C12H19N3O2. The zero-order valence-electron chi connectivity index (χ0n) is 10.1. The van der Waals surface area contributed by atoms with Gasteiger partial charge in [0.25, 0.3) is 5.56 Å². The van der Waals surface area contributed by atoms with Crippen molar-refractivity contribution in [1.82, 2.24) is 9.55 Å². The topological polar surface area (TPSA) is 67.2 Å². The van der Waals surface area contributed by atoms with Crippen LogP contribution in [0.25, 0.3) is 0 Å². The van der Waals surface area contributed by atoms with Crippen LogP contribution in [0.1, 0.15) is 26.2 Å². The first-order valence-corrected chi connectivity index (χ1v) is 6.18. The molecule has 0 saturated heterocycles. The maximum atomic E-state index is 11.9. The Labute approximate surface area is 100 Å². The summed E-state index contributed by atoms with van der Waals surface area (Å²) in [4.78, 5) is 16.0. The normalized spacial score (nSPS) is 23.2. The lowest BCUT2D eigenvalue weighted by atomic mass is 9.82. The second kappa shape index (κ2) is 5.31. The summed E-state index contributed by atoms with van der Waals surface area (Å²) in [5.74, 6) is 0.883. The molecule has 5 nitrogen and oxygen atoms in total. The number of aryl methyl sites for hydroxylation is 1. The SMILES string of the molecule is CCCn1ccnc(NCC2CC(O)C2)c1=O. The number of nitrogens with zero attached hydrogens (tertiary/aromatic N) is 2. The Morgan fingerprint density at radius 1 is 1.59 bits per heavy atom. The van der Waals surface area contributed by atoms with Crippen molar-refractivity contribution in [2.45, 2.75) is 38.8 Å². The Morgan fingerprint density at radius 3 is 3.00 bits per heavy atom. The third kappa shape index (κ3) is 2.85. The van der Waals surface area contributed by atoms with E-state index >= 15 is 0 Å². The fraction of sp³-hybridized carbons (Fsp3) is 0.667.